The summed E-state index contributed by atoms with van der Waals surface area (Å²) >= 11 is 0. The molecule has 1 rings (SSSR count). The maximum atomic E-state index is 12.7. The molecule has 0 aromatic heterocycles. The van der Waals surface area contributed by atoms with Crippen molar-refractivity contribution in [1.82, 2.24) is 10.6 Å². The largest absolute Gasteiger partial charge is 0.396 e. The van der Waals surface area contributed by atoms with Crippen LogP contribution in [0.4, 0.5) is 0 Å². The fraction of sp³-hybridized carbons (Fsp3) is 0.938. The fourth-order valence-corrected chi connectivity index (χ4v) is 3.21. The summed E-state index contributed by atoms with van der Waals surface area (Å²) in [5, 5.41) is 16.1. The van der Waals surface area contributed by atoms with Crippen molar-refractivity contribution in [2.45, 2.75) is 59.3 Å². The summed E-state index contributed by atoms with van der Waals surface area (Å²) in [6.07, 6.45) is 5.64. The minimum absolute atomic E-state index is 0.141. The molecular formula is C16H32N2O2. The summed E-state index contributed by atoms with van der Waals surface area (Å²) in [6.45, 7) is 8.90. The summed E-state index contributed by atoms with van der Waals surface area (Å²) in [4.78, 5) is 12.7. The Bertz CT molecular complexity index is 281. The third-order valence-corrected chi connectivity index (χ3v) is 5.23. The maximum absolute atomic E-state index is 12.7. The SMILES string of the molecule is CCCC1(C(=O)NCC(CC)(CC)CO)CCNCC1. The normalized spacial score (nSPS) is 18.8. The molecule has 1 saturated heterocycles. The van der Waals surface area contributed by atoms with Gasteiger partial charge >= 0.3 is 0 Å². The predicted octanol–water partition coefficient (Wildman–Crippen LogP) is 2.07. The molecule has 0 aliphatic carbocycles. The van der Waals surface area contributed by atoms with Crippen molar-refractivity contribution in [3.63, 3.8) is 0 Å². The first-order valence-corrected chi connectivity index (χ1v) is 8.18. The van der Waals surface area contributed by atoms with Crippen molar-refractivity contribution in [1.29, 1.82) is 0 Å². The van der Waals surface area contributed by atoms with E-state index in [9.17, 15) is 9.90 Å². The Morgan fingerprint density at radius 3 is 2.30 bits per heavy atom. The van der Waals surface area contributed by atoms with Crippen LogP contribution in [0.15, 0.2) is 0 Å². The summed E-state index contributed by atoms with van der Waals surface area (Å²) in [5.74, 6) is 0.195. The molecule has 1 fully saturated rings. The second-order valence-corrected chi connectivity index (χ2v) is 6.33. The van der Waals surface area contributed by atoms with E-state index in [0.29, 0.717) is 6.54 Å². The van der Waals surface area contributed by atoms with Crippen LogP contribution in [0.1, 0.15) is 59.3 Å². The van der Waals surface area contributed by atoms with Crippen LogP contribution in [0.2, 0.25) is 0 Å². The van der Waals surface area contributed by atoms with Crippen LogP contribution in [0, 0.1) is 10.8 Å². The quantitative estimate of drug-likeness (QED) is 0.639. The van der Waals surface area contributed by atoms with E-state index in [1.807, 2.05) is 0 Å². The zero-order valence-electron chi connectivity index (χ0n) is 13.4. The molecule has 1 aliphatic rings. The summed E-state index contributed by atoms with van der Waals surface area (Å²) in [5.41, 5.74) is -0.349. The Labute approximate surface area is 123 Å². The van der Waals surface area contributed by atoms with E-state index in [0.717, 1.165) is 51.6 Å². The molecule has 0 aromatic rings. The molecule has 0 unspecified atom stereocenters. The molecule has 0 spiro atoms. The number of rotatable bonds is 8. The lowest BCUT2D eigenvalue weighted by molar-refractivity contribution is -0.134. The Morgan fingerprint density at radius 1 is 1.25 bits per heavy atom. The van der Waals surface area contributed by atoms with E-state index >= 15 is 0 Å². The molecule has 1 aliphatic heterocycles. The third-order valence-electron chi connectivity index (χ3n) is 5.23. The molecule has 0 atom stereocenters. The number of hydrogen-bond acceptors (Lipinski definition) is 3. The highest BCUT2D eigenvalue weighted by Gasteiger charge is 2.39. The van der Waals surface area contributed by atoms with Gasteiger partial charge in [0, 0.05) is 12.0 Å². The van der Waals surface area contributed by atoms with Crippen LogP contribution < -0.4 is 10.6 Å². The molecule has 0 saturated carbocycles. The molecule has 0 bridgehead atoms. The van der Waals surface area contributed by atoms with Gasteiger partial charge in [0.2, 0.25) is 5.91 Å². The molecular weight excluding hydrogens is 252 g/mol. The van der Waals surface area contributed by atoms with Crippen LogP contribution in [0.3, 0.4) is 0 Å². The molecule has 118 valence electrons. The van der Waals surface area contributed by atoms with Crippen molar-refractivity contribution in [3.05, 3.63) is 0 Å². The van der Waals surface area contributed by atoms with Crippen LogP contribution in [-0.4, -0.2) is 37.3 Å². The first kappa shape index (κ1) is 17.4. The number of aliphatic hydroxyl groups is 1. The molecule has 0 radical (unpaired) electrons. The van der Waals surface area contributed by atoms with Gasteiger partial charge in [-0.15, -0.1) is 0 Å². The minimum Gasteiger partial charge on any atom is -0.396 e. The number of piperidine rings is 1. The van der Waals surface area contributed by atoms with Gasteiger partial charge in [0.25, 0.3) is 0 Å². The Kier molecular flexibility index (Phi) is 6.96. The summed E-state index contributed by atoms with van der Waals surface area (Å²) < 4.78 is 0. The highest BCUT2D eigenvalue weighted by atomic mass is 16.3. The van der Waals surface area contributed by atoms with Gasteiger partial charge in [0.05, 0.1) is 12.0 Å². The highest BCUT2D eigenvalue weighted by molar-refractivity contribution is 5.82. The molecule has 1 amide bonds. The minimum atomic E-state index is -0.192. The average molecular weight is 284 g/mol. The number of amides is 1. The number of carbonyl (C=O) groups is 1. The fourth-order valence-electron chi connectivity index (χ4n) is 3.21. The van der Waals surface area contributed by atoms with Gasteiger partial charge in [-0.25, -0.2) is 0 Å². The number of hydrogen-bond donors (Lipinski definition) is 3. The van der Waals surface area contributed by atoms with Gasteiger partial charge in [-0.3, -0.25) is 4.79 Å². The van der Waals surface area contributed by atoms with E-state index in [-0.39, 0.29) is 23.3 Å². The zero-order valence-corrected chi connectivity index (χ0v) is 13.4. The summed E-state index contributed by atoms with van der Waals surface area (Å²) in [6, 6.07) is 0. The van der Waals surface area contributed by atoms with Crippen LogP contribution >= 0.6 is 0 Å². The van der Waals surface area contributed by atoms with Crippen molar-refractivity contribution in [2.24, 2.45) is 10.8 Å². The Balaban J connectivity index is 2.67. The third kappa shape index (κ3) is 3.95. The molecule has 4 heteroatoms. The lowest BCUT2D eigenvalue weighted by Crippen LogP contribution is -2.50. The van der Waals surface area contributed by atoms with Crippen LogP contribution in [0.5, 0.6) is 0 Å². The molecule has 1 heterocycles. The molecule has 3 N–H and O–H groups in total. The average Bonchev–Trinajstić information content (AvgIpc) is 2.50. The van der Waals surface area contributed by atoms with E-state index in [4.69, 9.17) is 0 Å². The van der Waals surface area contributed by atoms with E-state index < -0.39 is 0 Å². The topological polar surface area (TPSA) is 61.4 Å². The van der Waals surface area contributed by atoms with Crippen LogP contribution in [-0.2, 0) is 4.79 Å². The van der Waals surface area contributed by atoms with Gasteiger partial charge in [-0.1, -0.05) is 27.2 Å². The monoisotopic (exact) mass is 284 g/mol. The van der Waals surface area contributed by atoms with Crippen molar-refractivity contribution < 1.29 is 9.90 Å². The van der Waals surface area contributed by atoms with E-state index in [1.54, 1.807) is 0 Å². The number of carbonyl (C=O) groups excluding carboxylic acids is 1. The first-order chi connectivity index (χ1) is 9.58. The number of nitrogens with one attached hydrogen (secondary N) is 2. The van der Waals surface area contributed by atoms with Gasteiger partial charge in [0.1, 0.15) is 0 Å². The standard InChI is InChI=1S/C16H32N2O2/c1-4-7-16(8-10-17-11-9-16)14(20)18-12-15(5-2,6-3)13-19/h17,19H,4-13H2,1-3H3,(H,18,20). The van der Waals surface area contributed by atoms with E-state index in [2.05, 4.69) is 31.4 Å². The molecule has 20 heavy (non-hydrogen) atoms. The van der Waals surface area contributed by atoms with Crippen LogP contribution in [0.25, 0.3) is 0 Å². The van der Waals surface area contributed by atoms with Gasteiger partial charge in [0.15, 0.2) is 0 Å². The lowest BCUT2D eigenvalue weighted by Gasteiger charge is -2.38. The number of aliphatic hydroxyl groups excluding tert-OH is 1. The summed E-state index contributed by atoms with van der Waals surface area (Å²) in [7, 11) is 0. The smallest absolute Gasteiger partial charge is 0.226 e. The molecule has 0 aromatic carbocycles. The van der Waals surface area contributed by atoms with Crippen molar-refractivity contribution >= 4 is 5.91 Å². The Morgan fingerprint density at radius 2 is 1.85 bits per heavy atom. The second kappa shape index (κ2) is 7.99. The lowest BCUT2D eigenvalue weighted by atomic mass is 9.74. The molecule has 4 nitrogen and oxygen atoms in total. The highest BCUT2D eigenvalue weighted by Crippen LogP contribution is 2.35. The van der Waals surface area contributed by atoms with E-state index in [1.165, 1.54) is 0 Å². The second-order valence-electron chi connectivity index (χ2n) is 6.33. The zero-order chi connectivity index (χ0) is 15.1. The van der Waals surface area contributed by atoms with Gasteiger partial charge < -0.3 is 15.7 Å². The maximum Gasteiger partial charge on any atom is 0.226 e. The predicted molar refractivity (Wildman–Crippen MR) is 82.6 cm³/mol. The van der Waals surface area contributed by atoms with Crippen molar-refractivity contribution in [3.8, 4) is 0 Å². The van der Waals surface area contributed by atoms with Crippen molar-refractivity contribution in [2.75, 3.05) is 26.2 Å². The van der Waals surface area contributed by atoms with Gasteiger partial charge in [-0.05, 0) is 45.2 Å². The Hall–Kier alpha value is -0.610. The van der Waals surface area contributed by atoms with Gasteiger partial charge in [-0.2, -0.15) is 0 Å². The first-order valence-electron chi connectivity index (χ1n) is 8.18.